The van der Waals surface area contributed by atoms with Gasteiger partial charge in [0, 0.05) is 36.6 Å². The second kappa shape index (κ2) is 6.02. The minimum Gasteiger partial charge on any atom is -0.480 e. The van der Waals surface area contributed by atoms with Gasteiger partial charge in [0.1, 0.15) is 11.7 Å². The van der Waals surface area contributed by atoms with E-state index in [1.54, 1.807) is 34.7 Å². The summed E-state index contributed by atoms with van der Waals surface area (Å²) >= 11 is 0. The maximum absolute atomic E-state index is 11.9. The Morgan fingerprint density at radius 3 is 2.43 bits per heavy atom. The van der Waals surface area contributed by atoms with Gasteiger partial charge in [-0.1, -0.05) is 18.2 Å². The van der Waals surface area contributed by atoms with E-state index in [1.165, 1.54) is 0 Å². The monoisotopic (exact) mass is 318 g/mol. The summed E-state index contributed by atoms with van der Waals surface area (Å²) in [5.74, 6) is -2.18. The highest BCUT2D eigenvalue weighted by Gasteiger charge is 2.35. The number of benzene rings is 1. The van der Waals surface area contributed by atoms with E-state index < -0.39 is 18.0 Å². The summed E-state index contributed by atoms with van der Waals surface area (Å²) in [6, 6.07) is 6.16. The predicted octanol–water partition coefficient (Wildman–Crippen LogP) is 1.33. The molecule has 0 spiro atoms. The number of para-hydroxylation sites is 1. The van der Waals surface area contributed by atoms with Crippen LogP contribution in [0.15, 0.2) is 24.3 Å². The van der Waals surface area contributed by atoms with E-state index in [0.717, 1.165) is 0 Å². The summed E-state index contributed by atoms with van der Waals surface area (Å²) in [5, 5.41) is 20.0. The molecular formula is C16H18N2O5. The van der Waals surface area contributed by atoms with Crippen molar-refractivity contribution in [3.8, 4) is 0 Å². The summed E-state index contributed by atoms with van der Waals surface area (Å²) < 4.78 is 6.82. The van der Waals surface area contributed by atoms with Gasteiger partial charge >= 0.3 is 11.9 Å². The molecule has 0 saturated carbocycles. The van der Waals surface area contributed by atoms with Crippen LogP contribution < -0.4 is 0 Å². The maximum Gasteiger partial charge on any atom is 0.352 e. The van der Waals surface area contributed by atoms with Gasteiger partial charge in [0.25, 0.3) is 0 Å². The molecule has 3 rings (SSSR count). The Balaban J connectivity index is 2.24. The van der Waals surface area contributed by atoms with Crippen molar-refractivity contribution >= 4 is 22.8 Å². The Morgan fingerprint density at radius 1 is 1.17 bits per heavy atom. The normalized spacial score (nSPS) is 17.3. The number of carboxylic acid groups (broad SMARTS) is 2. The first-order chi connectivity index (χ1) is 11.0. The second-order valence-corrected chi connectivity index (χ2v) is 5.53. The molecule has 2 N–H and O–H groups in total. The van der Waals surface area contributed by atoms with E-state index >= 15 is 0 Å². The summed E-state index contributed by atoms with van der Waals surface area (Å²) in [6.07, 6.45) is 0. The number of hydrogen-bond donors (Lipinski definition) is 2. The lowest BCUT2D eigenvalue weighted by Crippen LogP contribution is -2.42. The number of carbonyl (C=O) groups is 2. The average molecular weight is 318 g/mol. The summed E-state index contributed by atoms with van der Waals surface area (Å²) in [6.45, 7) is 1.80. The number of morpholine rings is 1. The number of nitrogens with zero attached hydrogens (tertiary/aromatic N) is 2. The molecule has 0 bridgehead atoms. The number of carboxylic acids is 2. The van der Waals surface area contributed by atoms with Crippen molar-refractivity contribution in [2.45, 2.75) is 6.04 Å². The molecule has 2 heterocycles. The van der Waals surface area contributed by atoms with Crippen LogP contribution in [0.3, 0.4) is 0 Å². The highest BCUT2D eigenvalue weighted by Crippen LogP contribution is 2.34. The third-order valence-corrected chi connectivity index (χ3v) is 4.27. The van der Waals surface area contributed by atoms with Gasteiger partial charge in [-0.15, -0.1) is 0 Å². The number of hydrogen-bond acceptors (Lipinski definition) is 4. The molecule has 0 aliphatic carbocycles. The van der Waals surface area contributed by atoms with Crippen molar-refractivity contribution in [3.63, 3.8) is 0 Å². The number of aryl methyl sites for hydroxylation is 1. The molecule has 1 saturated heterocycles. The Bertz CT molecular complexity index is 761. The Hall–Kier alpha value is -2.38. The molecule has 1 aromatic carbocycles. The number of aromatic nitrogens is 1. The molecule has 2 aromatic rings. The Labute approximate surface area is 132 Å². The van der Waals surface area contributed by atoms with Gasteiger partial charge < -0.3 is 19.5 Å². The van der Waals surface area contributed by atoms with Crippen molar-refractivity contribution in [2.24, 2.45) is 7.05 Å². The van der Waals surface area contributed by atoms with Crippen molar-refractivity contribution in [1.82, 2.24) is 9.47 Å². The quantitative estimate of drug-likeness (QED) is 0.884. The molecule has 7 nitrogen and oxygen atoms in total. The van der Waals surface area contributed by atoms with Gasteiger partial charge in [0.2, 0.25) is 0 Å². The van der Waals surface area contributed by atoms with Crippen molar-refractivity contribution < 1.29 is 24.5 Å². The fraction of sp³-hybridized carbons (Fsp3) is 0.375. The van der Waals surface area contributed by atoms with Crippen LogP contribution in [0.4, 0.5) is 0 Å². The van der Waals surface area contributed by atoms with Crippen LogP contribution in [0.2, 0.25) is 0 Å². The minimum absolute atomic E-state index is 0.0186. The smallest absolute Gasteiger partial charge is 0.352 e. The molecule has 0 amide bonds. The molecule has 1 aliphatic rings. The van der Waals surface area contributed by atoms with Gasteiger partial charge in [0.15, 0.2) is 0 Å². The first-order valence-corrected chi connectivity index (χ1v) is 7.37. The SMILES string of the molecule is Cn1c(C(=O)O)c([C@@H](C(=O)O)N2CCOCC2)c2ccccc21. The van der Waals surface area contributed by atoms with Crippen LogP contribution >= 0.6 is 0 Å². The van der Waals surface area contributed by atoms with Crippen molar-refractivity contribution in [2.75, 3.05) is 26.3 Å². The molecule has 1 fully saturated rings. The first-order valence-electron chi connectivity index (χ1n) is 7.37. The highest BCUT2D eigenvalue weighted by atomic mass is 16.5. The Kier molecular flexibility index (Phi) is 4.06. The second-order valence-electron chi connectivity index (χ2n) is 5.53. The zero-order valence-corrected chi connectivity index (χ0v) is 12.7. The molecule has 0 unspecified atom stereocenters. The van der Waals surface area contributed by atoms with E-state index in [1.807, 2.05) is 6.07 Å². The summed E-state index contributed by atoms with van der Waals surface area (Å²) in [4.78, 5) is 25.5. The van der Waals surface area contributed by atoms with Gasteiger partial charge in [-0.05, 0) is 6.07 Å². The van der Waals surface area contributed by atoms with E-state index in [-0.39, 0.29) is 5.69 Å². The van der Waals surface area contributed by atoms with Crippen molar-refractivity contribution in [1.29, 1.82) is 0 Å². The first kappa shape index (κ1) is 15.5. The maximum atomic E-state index is 11.9. The molecule has 1 aliphatic heterocycles. The minimum atomic E-state index is -1.13. The van der Waals surface area contributed by atoms with Crippen LogP contribution in [0, 0.1) is 0 Å². The average Bonchev–Trinajstić information content (AvgIpc) is 2.82. The fourth-order valence-electron chi connectivity index (χ4n) is 3.26. The lowest BCUT2D eigenvalue weighted by molar-refractivity contribution is -0.145. The van der Waals surface area contributed by atoms with E-state index in [4.69, 9.17) is 4.74 Å². The summed E-state index contributed by atoms with van der Waals surface area (Å²) in [7, 11) is 1.65. The number of aliphatic carboxylic acids is 1. The topological polar surface area (TPSA) is 92.0 Å². The van der Waals surface area contributed by atoms with Crippen LogP contribution in [-0.4, -0.2) is 57.9 Å². The van der Waals surface area contributed by atoms with Crippen LogP contribution in [-0.2, 0) is 16.6 Å². The standard InChI is InChI=1S/C16H18N2O5/c1-17-11-5-3-2-4-10(11)12(13(17)15(19)20)14(16(21)22)18-6-8-23-9-7-18/h2-5,14H,6-9H2,1H3,(H,19,20)(H,21,22)/t14-/m0/s1. The number of aromatic carboxylic acids is 1. The molecule has 23 heavy (non-hydrogen) atoms. The van der Waals surface area contributed by atoms with Gasteiger partial charge in [-0.25, -0.2) is 4.79 Å². The predicted molar refractivity (Wildman–Crippen MR) is 82.6 cm³/mol. The van der Waals surface area contributed by atoms with Crippen LogP contribution in [0.25, 0.3) is 10.9 Å². The molecule has 1 atom stereocenters. The fourth-order valence-corrected chi connectivity index (χ4v) is 3.26. The molecular weight excluding hydrogens is 300 g/mol. The van der Waals surface area contributed by atoms with Crippen molar-refractivity contribution in [3.05, 3.63) is 35.5 Å². The highest BCUT2D eigenvalue weighted by molar-refractivity contribution is 6.01. The number of ether oxygens (including phenoxy) is 1. The van der Waals surface area contributed by atoms with Gasteiger partial charge in [-0.3, -0.25) is 9.69 Å². The summed E-state index contributed by atoms with van der Waals surface area (Å²) in [5.41, 5.74) is 1.06. The molecule has 0 radical (unpaired) electrons. The lowest BCUT2D eigenvalue weighted by atomic mass is 10.0. The van der Waals surface area contributed by atoms with E-state index in [9.17, 15) is 19.8 Å². The lowest BCUT2D eigenvalue weighted by Gasteiger charge is -2.32. The zero-order chi connectivity index (χ0) is 16.6. The number of fused-ring (bicyclic) bond motifs is 1. The largest absolute Gasteiger partial charge is 0.480 e. The molecule has 122 valence electrons. The third-order valence-electron chi connectivity index (χ3n) is 4.27. The number of rotatable bonds is 4. The Morgan fingerprint density at radius 2 is 1.83 bits per heavy atom. The zero-order valence-electron chi connectivity index (χ0n) is 12.7. The molecule has 7 heteroatoms. The van der Waals surface area contributed by atoms with Gasteiger partial charge in [0.05, 0.1) is 13.2 Å². The van der Waals surface area contributed by atoms with E-state index in [2.05, 4.69) is 0 Å². The third kappa shape index (κ3) is 2.58. The van der Waals surface area contributed by atoms with E-state index in [0.29, 0.717) is 42.8 Å². The van der Waals surface area contributed by atoms with Gasteiger partial charge in [-0.2, -0.15) is 0 Å². The molecule has 1 aromatic heterocycles. The van der Waals surface area contributed by atoms with Crippen LogP contribution in [0.5, 0.6) is 0 Å². The van der Waals surface area contributed by atoms with Crippen LogP contribution in [0.1, 0.15) is 22.1 Å².